The molecule has 0 fully saturated rings. The van der Waals surface area contributed by atoms with Crippen LogP contribution >= 0.6 is 11.8 Å². The molecule has 0 spiro atoms. The van der Waals surface area contributed by atoms with E-state index < -0.39 is 0 Å². The molecule has 1 amide bonds. The summed E-state index contributed by atoms with van der Waals surface area (Å²) in [4.78, 5) is 11.8. The van der Waals surface area contributed by atoms with Gasteiger partial charge in [0.2, 0.25) is 11.1 Å². The molecule has 0 bridgehead atoms. The quantitative estimate of drug-likeness (QED) is 0.795. The minimum absolute atomic E-state index is 0.00316. The molecule has 0 unspecified atom stereocenters. The Bertz CT molecular complexity index is 570. The third-order valence-corrected chi connectivity index (χ3v) is 3.61. The molecule has 21 heavy (non-hydrogen) atoms. The van der Waals surface area contributed by atoms with E-state index in [0.717, 1.165) is 17.4 Å². The number of hydrogen-bond acceptors (Lipinski definition) is 5. The van der Waals surface area contributed by atoms with Crippen LogP contribution in [0.4, 0.5) is 5.69 Å². The van der Waals surface area contributed by atoms with Gasteiger partial charge in [-0.2, -0.15) is 0 Å². The van der Waals surface area contributed by atoms with E-state index in [-0.39, 0.29) is 5.91 Å². The maximum absolute atomic E-state index is 11.8. The Kier molecular flexibility index (Phi) is 5.74. The number of aromatic nitrogens is 4. The summed E-state index contributed by atoms with van der Waals surface area (Å²) in [7, 11) is 0. The zero-order chi connectivity index (χ0) is 15.1. The van der Waals surface area contributed by atoms with Crippen molar-refractivity contribution in [3.63, 3.8) is 0 Å². The van der Waals surface area contributed by atoms with Gasteiger partial charge in [0.05, 0.1) is 0 Å². The first-order valence-corrected chi connectivity index (χ1v) is 7.87. The van der Waals surface area contributed by atoms with Crippen LogP contribution in [0.5, 0.6) is 0 Å². The maximum atomic E-state index is 11.8. The molecule has 6 nitrogen and oxygen atoms in total. The van der Waals surface area contributed by atoms with Gasteiger partial charge in [0.15, 0.2) is 0 Å². The molecule has 1 N–H and O–H groups in total. The number of tetrazole rings is 1. The summed E-state index contributed by atoms with van der Waals surface area (Å²) in [5.41, 5.74) is 0.817. The molecule has 0 aliphatic heterocycles. The van der Waals surface area contributed by atoms with Gasteiger partial charge in [0.25, 0.3) is 0 Å². The zero-order valence-electron chi connectivity index (χ0n) is 12.2. The summed E-state index contributed by atoms with van der Waals surface area (Å²) in [6.45, 7) is 5.01. The van der Waals surface area contributed by atoms with Crippen molar-refractivity contribution in [3.8, 4) is 0 Å². The van der Waals surface area contributed by atoms with Crippen LogP contribution in [0.25, 0.3) is 0 Å². The van der Waals surface area contributed by atoms with Gasteiger partial charge in [-0.05, 0) is 28.5 Å². The summed E-state index contributed by atoms with van der Waals surface area (Å²) >= 11 is 1.50. The Morgan fingerprint density at radius 2 is 2.10 bits per heavy atom. The van der Waals surface area contributed by atoms with Crippen LogP contribution in [0.1, 0.15) is 20.3 Å². The van der Waals surface area contributed by atoms with Gasteiger partial charge >= 0.3 is 0 Å². The van der Waals surface area contributed by atoms with Gasteiger partial charge in [-0.25, -0.2) is 4.68 Å². The fraction of sp³-hybridized carbons (Fsp3) is 0.429. The number of carbonyl (C=O) groups excluding carboxylic acids is 1. The molecule has 0 atom stereocenters. The highest BCUT2D eigenvalue weighted by molar-refractivity contribution is 7.99. The number of amides is 1. The maximum Gasteiger partial charge on any atom is 0.225 e. The van der Waals surface area contributed by atoms with Crippen molar-refractivity contribution in [2.75, 3.05) is 11.1 Å². The van der Waals surface area contributed by atoms with Crippen LogP contribution in [0.2, 0.25) is 0 Å². The Labute approximate surface area is 128 Å². The first-order chi connectivity index (χ1) is 10.1. The molecule has 0 aliphatic carbocycles. The second-order valence-corrected chi connectivity index (χ2v) is 6.11. The van der Waals surface area contributed by atoms with Crippen molar-refractivity contribution < 1.29 is 4.79 Å². The number of anilines is 1. The number of nitrogens with one attached hydrogen (secondary N) is 1. The minimum Gasteiger partial charge on any atom is -0.326 e. The number of thioether (sulfide) groups is 1. The minimum atomic E-state index is -0.00316. The predicted octanol–water partition coefficient (Wildman–Crippen LogP) is 2.45. The van der Waals surface area contributed by atoms with Gasteiger partial charge in [-0.3, -0.25) is 4.79 Å². The highest BCUT2D eigenvalue weighted by Crippen LogP contribution is 2.16. The molecular weight excluding hydrogens is 286 g/mol. The van der Waals surface area contributed by atoms with Crippen LogP contribution in [0.15, 0.2) is 35.5 Å². The lowest BCUT2D eigenvalue weighted by Crippen LogP contribution is -2.12. The van der Waals surface area contributed by atoms with Crippen LogP contribution in [-0.4, -0.2) is 31.9 Å². The highest BCUT2D eigenvalue weighted by atomic mass is 32.2. The predicted molar refractivity (Wildman–Crippen MR) is 83.1 cm³/mol. The number of hydrogen-bond donors (Lipinski definition) is 1. The Hall–Kier alpha value is -1.89. The van der Waals surface area contributed by atoms with Crippen molar-refractivity contribution in [1.82, 2.24) is 20.2 Å². The van der Waals surface area contributed by atoms with Crippen molar-refractivity contribution in [1.29, 1.82) is 0 Å². The lowest BCUT2D eigenvalue weighted by Gasteiger charge is -2.07. The van der Waals surface area contributed by atoms with Gasteiger partial charge in [0, 0.05) is 24.4 Å². The SMILES string of the molecule is CC(C)Cn1nnnc1SCCC(=O)Nc1ccccc1. The molecule has 0 radical (unpaired) electrons. The Morgan fingerprint density at radius 1 is 1.33 bits per heavy atom. The molecule has 112 valence electrons. The lowest BCUT2D eigenvalue weighted by molar-refractivity contribution is -0.115. The summed E-state index contributed by atoms with van der Waals surface area (Å²) in [5, 5.41) is 15.2. The number of para-hydroxylation sites is 1. The molecule has 2 aromatic rings. The molecule has 2 rings (SSSR count). The Balaban J connectivity index is 1.76. The molecule has 0 aliphatic rings. The molecule has 0 saturated carbocycles. The summed E-state index contributed by atoms with van der Waals surface area (Å²) in [5.74, 6) is 1.13. The normalized spacial score (nSPS) is 10.8. The average molecular weight is 305 g/mol. The second-order valence-electron chi connectivity index (χ2n) is 5.05. The third-order valence-electron chi connectivity index (χ3n) is 2.65. The smallest absolute Gasteiger partial charge is 0.225 e. The number of nitrogens with zero attached hydrogens (tertiary/aromatic N) is 4. The van der Waals surface area contributed by atoms with E-state index >= 15 is 0 Å². The molecule has 7 heteroatoms. The van der Waals surface area contributed by atoms with Crippen LogP contribution < -0.4 is 5.32 Å². The number of carbonyl (C=O) groups is 1. The van der Waals surface area contributed by atoms with Gasteiger partial charge in [0.1, 0.15) is 0 Å². The van der Waals surface area contributed by atoms with E-state index in [4.69, 9.17) is 0 Å². The second kappa shape index (κ2) is 7.78. The van der Waals surface area contributed by atoms with E-state index in [9.17, 15) is 4.79 Å². The zero-order valence-corrected chi connectivity index (χ0v) is 13.0. The average Bonchev–Trinajstić information content (AvgIpc) is 2.86. The van der Waals surface area contributed by atoms with Crippen LogP contribution in [-0.2, 0) is 11.3 Å². The van der Waals surface area contributed by atoms with E-state index in [0.29, 0.717) is 18.1 Å². The first kappa shape index (κ1) is 15.5. The van der Waals surface area contributed by atoms with Gasteiger partial charge in [-0.15, -0.1) is 5.10 Å². The first-order valence-electron chi connectivity index (χ1n) is 6.89. The van der Waals surface area contributed by atoms with Crippen molar-refractivity contribution >= 4 is 23.4 Å². The number of rotatable bonds is 7. The fourth-order valence-electron chi connectivity index (χ4n) is 1.74. The summed E-state index contributed by atoms with van der Waals surface area (Å²) in [6, 6.07) is 9.44. The third kappa shape index (κ3) is 5.18. The lowest BCUT2D eigenvalue weighted by atomic mass is 10.2. The molecule has 1 aromatic carbocycles. The molecule has 1 heterocycles. The van der Waals surface area contributed by atoms with Crippen molar-refractivity contribution in [3.05, 3.63) is 30.3 Å². The number of benzene rings is 1. The van der Waals surface area contributed by atoms with E-state index in [1.807, 2.05) is 30.3 Å². The highest BCUT2D eigenvalue weighted by Gasteiger charge is 2.09. The van der Waals surface area contributed by atoms with E-state index in [2.05, 4.69) is 34.7 Å². The van der Waals surface area contributed by atoms with Crippen molar-refractivity contribution in [2.45, 2.75) is 32.0 Å². The molecular formula is C14H19N5OS. The Morgan fingerprint density at radius 3 is 2.81 bits per heavy atom. The topological polar surface area (TPSA) is 72.7 Å². The van der Waals surface area contributed by atoms with E-state index in [1.54, 1.807) is 4.68 Å². The van der Waals surface area contributed by atoms with Gasteiger partial charge < -0.3 is 5.32 Å². The van der Waals surface area contributed by atoms with Crippen molar-refractivity contribution in [2.24, 2.45) is 5.92 Å². The van der Waals surface area contributed by atoms with E-state index in [1.165, 1.54) is 11.8 Å². The molecule has 1 aromatic heterocycles. The largest absolute Gasteiger partial charge is 0.326 e. The van der Waals surface area contributed by atoms with Crippen LogP contribution in [0, 0.1) is 5.92 Å². The van der Waals surface area contributed by atoms with Crippen LogP contribution in [0.3, 0.4) is 0 Å². The monoisotopic (exact) mass is 305 g/mol. The summed E-state index contributed by atoms with van der Waals surface area (Å²) in [6.07, 6.45) is 0.425. The summed E-state index contributed by atoms with van der Waals surface area (Å²) < 4.78 is 1.78. The fourth-order valence-corrected chi connectivity index (χ4v) is 2.56. The standard InChI is InChI=1S/C14H19N5OS/c1-11(2)10-19-14(16-17-18-19)21-9-8-13(20)15-12-6-4-3-5-7-12/h3-7,11H,8-10H2,1-2H3,(H,15,20). The molecule has 0 saturated heterocycles. The van der Waals surface area contributed by atoms with Gasteiger partial charge in [-0.1, -0.05) is 43.8 Å².